The summed E-state index contributed by atoms with van der Waals surface area (Å²) < 4.78 is 0. The van der Waals surface area contributed by atoms with E-state index in [4.69, 9.17) is 0 Å². The summed E-state index contributed by atoms with van der Waals surface area (Å²) in [6.45, 7) is 5.16. The second-order valence-electron chi connectivity index (χ2n) is 6.91. The van der Waals surface area contributed by atoms with Gasteiger partial charge in [-0.2, -0.15) is 0 Å². The lowest BCUT2D eigenvalue weighted by atomic mass is 9.88. The molecular weight excluding hydrogens is 254 g/mol. The standard InChI is InChI=1S/C16H27NO3/c1-11-7-14(16(19)20)10-17(9-11)15(18)12(2)8-13-5-3-4-6-13/h11-14H,3-10H2,1-2H3,(H,19,20). The number of aliphatic carboxylic acids is 1. The summed E-state index contributed by atoms with van der Waals surface area (Å²) in [6.07, 6.45) is 6.77. The van der Waals surface area contributed by atoms with E-state index in [0.717, 1.165) is 13.0 Å². The number of amides is 1. The van der Waals surface area contributed by atoms with Crippen molar-refractivity contribution in [1.29, 1.82) is 0 Å². The van der Waals surface area contributed by atoms with Gasteiger partial charge in [0.25, 0.3) is 0 Å². The van der Waals surface area contributed by atoms with Crippen LogP contribution in [0.5, 0.6) is 0 Å². The van der Waals surface area contributed by atoms with E-state index < -0.39 is 5.97 Å². The fourth-order valence-corrected chi connectivity index (χ4v) is 3.87. The highest BCUT2D eigenvalue weighted by atomic mass is 16.4. The summed E-state index contributed by atoms with van der Waals surface area (Å²) in [5, 5.41) is 9.19. The van der Waals surface area contributed by atoms with Gasteiger partial charge in [0.05, 0.1) is 5.92 Å². The first kappa shape index (κ1) is 15.3. The number of nitrogens with zero attached hydrogens (tertiary/aromatic N) is 1. The van der Waals surface area contributed by atoms with Crippen molar-refractivity contribution in [3.8, 4) is 0 Å². The molecule has 0 aromatic heterocycles. The Balaban J connectivity index is 1.91. The van der Waals surface area contributed by atoms with Crippen molar-refractivity contribution < 1.29 is 14.7 Å². The molecule has 1 aliphatic carbocycles. The van der Waals surface area contributed by atoms with Crippen LogP contribution in [0.3, 0.4) is 0 Å². The third-order valence-electron chi connectivity index (χ3n) is 4.90. The normalized spacial score (nSPS) is 29.4. The molecular formula is C16H27NO3. The molecule has 0 radical (unpaired) electrons. The maximum atomic E-state index is 12.5. The summed E-state index contributed by atoms with van der Waals surface area (Å²) in [5.74, 6) is 0.0330. The Morgan fingerprint density at radius 1 is 1.25 bits per heavy atom. The van der Waals surface area contributed by atoms with Gasteiger partial charge in [0.2, 0.25) is 5.91 Å². The first-order valence-electron chi connectivity index (χ1n) is 7.99. The van der Waals surface area contributed by atoms with Gasteiger partial charge in [-0.1, -0.05) is 39.5 Å². The highest BCUT2D eigenvalue weighted by Crippen LogP contribution is 2.31. The van der Waals surface area contributed by atoms with Gasteiger partial charge in [-0.25, -0.2) is 0 Å². The fourth-order valence-electron chi connectivity index (χ4n) is 3.87. The molecule has 4 nitrogen and oxygen atoms in total. The van der Waals surface area contributed by atoms with Gasteiger partial charge in [-0.15, -0.1) is 0 Å². The average Bonchev–Trinajstić information content (AvgIpc) is 2.89. The van der Waals surface area contributed by atoms with Crippen molar-refractivity contribution in [3.05, 3.63) is 0 Å². The summed E-state index contributed by atoms with van der Waals surface area (Å²) in [7, 11) is 0. The lowest BCUT2D eigenvalue weighted by Gasteiger charge is -2.36. The topological polar surface area (TPSA) is 57.6 Å². The molecule has 20 heavy (non-hydrogen) atoms. The molecule has 3 unspecified atom stereocenters. The largest absolute Gasteiger partial charge is 0.481 e. The molecule has 1 heterocycles. The number of carbonyl (C=O) groups is 2. The van der Waals surface area contributed by atoms with Crippen molar-refractivity contribution in [2.45, 2.75) is 52.4 Å². The van der Waals surface area contributed by atoms with Crippen LogP contribution in [0.15, 0.2) is 0 Å². The Morgan fingerprint density at radius 2 is 1.90 bits per heavy atom. The van der Waals surface area contributed by atoms with Crippen molar-refractivity contribution >= 4 is 11.9 Å². The lowest BCUT2D eigenvalue weighted by molar-refractivity contribution is -0.148. The zero-order valence-electron chi connectivity index (χ0n) is 12.7. The number of carboxylic acids is 1. The number of hydrogen-bond acceptors (Lipinski definition) is 2. The van der Waals surface area contributed by atoms with Gasteiger partial charge in [0.15, 0.2) is 0 Å². The second kappa shape index (κ2) is 6.59. The van der Waals surface area contributed by atoms with Gasteiger partial charge >= 0.3 is 5.97 Å². The summed E-state index contributed by atoms with van der Waals surface area (Å²) in [6, 6.07) is 0. The molecule has 2 rings (SSSR count). The van der Waals surface area contributed by atoms with E-state index >= 15 is 0 Å². The molecule has 4 heteroatoms. The minimum Gasteiger partial charge on any atom is -0.481 e. The number of hydrogen-bond donors (Lipinski definition) is 1. The van der Waals surface area contributed by atoms with Crippen LogP contribution in [0.25, 0.3) is 0 Å². The van der Waals surface area contributed by atoms with Gasteiger partial charge in [-0.05, 0) is 24.7 Å². The summed E-state index contributed by atoms with van der Waals surface area (Å²) in [5.41, 5.74) is 0. The predicted molar refractivity (Wildman–Crippen MR) is 77.2 cm³/mol. The van der Waals surface area contributed by atoms with Crippen LogP contribution in [0, 0.1) is 23.7 Å². The Morgan fingerprint density at radius 3 is 2.50 bits per heavy atom. The lowest BCUT2D eigenvalue weighted by Crippen LogP contribution is -2.47. The average molecular weight is 281 g/mol. The number of likely N-dealkylation sites (tertiary alicyclic amines) is 1. The fraction of sp³-hybridized carbons (Fsp3) is 0.875. The van der Waals surface area contributed by atoms with Crippen LogP contribution in [-0.4, -0.2) is 35.0 Å². The minimum absolute atomic E-state index is 0.0397. The monoisotopic (exact) mass is 281 g/mol. The molecule has 1 N–H and O–H groups in total. The van der Waals surface area contributed by atoms with E-state index in [0.29, 0.717) is 18.9 Å². The molecule has 0 aromatic rings. The molecule has 0 aromatic carbocycles. The van der Waals surface area contributed by atoms with Crippen molar-refractivity contribution in [3.63, 3.8) is 0 Å². The van der Waals surface area contributed by atoms with Crippen LogP contribution < -0.4 is 0 Å². The third-order valence-corrected chi connectivity index (χ3v) is 4.90. The molecule has 2 fully saturated rings. The smallest absolute Gasteiger partial charge is 0.308 e. The van der Waals surface area contributed by atoms with Crippen LogP contribution in [0.2, 0.25) is 0 Å². The first-order valence-corrected chi connectivity index (χ1v) is 7.99. The summed E-state index contributed by atoms with van der Waals surface area (Å²) >= 11 is 0. The van der Waals surface area contributed by atoms with Crippen molar-refractivity contribution in [1.82, 2.24) is 4.90 Å². The minimum atomic E-state index is -0.766. The predicted octanol–water partition coefficient (Wildman–Crippen LogP) is 2.77. The Kier molecular flexibility index (Phi) is 5.06. The third kappa shape index (κ3) is 3.74. The van der Waals surface area contributed by atoms with Gasteiger partial charge in [0, 0.05) is 19.0 Å². The van der Waals surface area contributed by atoms with E-state index in [1.54, 1.807) is 4.90 Å². The van der Waals surface area contributed by atoms with Gasteiger partial charge in [0.1, 0.15) is 0 Å². The van der Waals surface area contributed by atoms with Crippen LogP contribution >= 0.6 is 0 Å². The molecule has 114 valence electrons. The SMILES string of the molecule is CC1CC(C(=O)O)CN(C(=O)C(C)CC2CCCC2)C1. The van der Waals surface area contributed by atoms with E-state index in [1.165, 1.54) is 25.7 Å². The van der Waals surface area contributed by atoms with E-state index in [2.05, 4.69) is 0 Å². The quantitative estimate of drug-likeness (QED) is 0.862. The van der Waals surface area contributed by atoms with Crippen LogP contribution in [0.1, 0.15) is 52.4 Å². The molecule has 3 atom stereocenters. The maximum Gasteiger partial charge on any atom is 0.308 e. The van der Waals surface area contributed by atoms with Crippen molar-refractivity contribution in [2.75, 3.05) is 13.1 Å². The summed E-state index contributed by atoms with van der Waals surface area (Å²) in [4.78, 5) is 25.5. The Hall–Kier alpha value is -1.06. The number of carboxylic acid groups (broad SMARTS) is 1. The maximum absolute atomic E-state index is 12.5. The highest BCUT2D eigenvalue weighted by molar-refractivity contribution is 5.80. The number of rotatable bonds is 4. The molecule has 1 saturated heterocycles. The molecule has 0 bridgehead atoms. The number of carbonyl (C=O) groups excluding carboxylic acids is 1. The van der Waals surface area contributed by atoms with Crippen molar-refractivity contribution in [2.24, 2.45) is 23.7 Å². The molecule has 1 saturated carbocycles. The first-order chi connectivity index (χ1) is 9.47. The Bertz CT molecular complexity index is 363. The second-order valence-corrected chi connectivity index (χ2v) is 6.91. The van der Waals surface area contributed by atoms with E-state index in [9.17, 15) is 14.7 Å². The zero-order valence-corrected chi connectivity index (χ0v) is 12.7. The molecule has 1 aliphatic heterocycles. The van der Waals surface area contributed by atoms with Gasteiger partial charge in [-0.3, -0.25) is 9.59 Å². The van der Waals surface area contributed by atoms with Crippen LogP contribution in [0.4, 0.5) is 0 Å². The highest BCUT2D eigenvalue weighted by Gasteiger charge is 2.34. The van der Waals surface area contributed by atoms with Gasteiger partial charge < -0.3 is 10.0 Å². The zero-order chi connectivity index (χ0) is 14.7. The number of piperidine rings is 1. The molecule has 2 aliphatic rings. The Labute approximate surface area is 121 Å². The molecule has 1 amide bonds. The van der Waals surface area contributed by atoms with Crippen LogP contribution in [-0.2, 0) is 9.59 Å². The molecule has 0 spiro atoms. The van der Waals surface area contributed by atoms with E-state index in [-0.39, 0.29) is 23.7 Å². The van der Waals surface area contributed by atoms with E-state index in [1.807, 2.05) is 13.8 Å².